The van der Waals surface area contributed by atoms with Gasteiger partial charge in [0.2, 0.25) is 5.90 Å². The van der Waals surface area contributed by atoms with E-state index in [0.29, 0.717) is 30.1 Å². The third-order valence-corrected chi connectivity index (χ3v) is 5.31. The number of oxime groups is 1. The first kappa shape index (κ1) is 23.8. The highest BCUT2D eigenvalue weighted by atomic mass is 19.4. The number of halogens is 3. The van der Waals surface area contributed by atoms with Crippen LogP contribution in [0, 0.1) is 5.41 Å². The summed E-state index contributed by atoms with van der Waals surface area (Å²) in [6, 6.07) is 5.84. The molecule has 0 radical (unpaired) electrons. The lowest BCUT2D eigenvalue weighted by atomic mass is 9.68. The molecule has 1 saturated carbocycles. The molecule has 0 unspecified atom stereocenters. The van der Waals surface area contributed by atoms with Gasteiger partial charge in [-0.15, -0.1) is 13.2 Å². The van der Waals surface area contributed by atoms with Gasteiger partial charge < -0.3 is 14.3 Å². The van der Waals surface area contributed by atoms with Gasteiger partial charge in [-0.1, -0.05) is 37.1 Å². The van der Waals surface area contributed by atoms with E-state index < -0.39 is 6.36 Å². The van der Waals surface area contributed by atoms with Crippen molar-refractivity contribution in [3.8, 4) is 5.75 Å². The van der Waals surface area contributed by atoms with Crippen LogP contribution in [0.1, 0.15) is 58.9 Å². The predicted molar refractivity (Wildman–Crippen MR) is 111 cm³/mol. The minimum atomic E-state index is -4.68. The van der Waals surface area contributed by atoms with Crippen molar-refractivity contribution >= 4 is 5.90 Å². The van der Waals surface area contributed by atoms with Gasteiger partial charge in [-0.3, -0.25) is 0 Å². The maximum absolute atomic E-state index is 12.2. The van der Waals surface area contributed by atoms with Crippen LogP contribution in [0.4, 0.5) is 13.2 Å². The summed E-state index contributed by atoms with van der Waals surface area (Å²) in [4.78, 5) is 5.37. The van der Waals surface area contributed by atoms with E-state index in [-0.39, 0.29) is 5.75 Å². The van der Waals surface area contributed by atoms with Gasteiger partial charge in [0.1, 0.15) is 11.5 Å². The summed E-state index contributed by atoms with van der Waals surface area (Å²) in [7, 11) is 0. The second-order valence-electron chi connectivity index (χ2n) is 7.86. The number of rotatable bonds is 9. The molecule has 4 nitrogen and oxygen atoms in total. The van der Waals surface area contributed by atoms with Crippen molar-refractivity contribution < 1.29 is 27.5 Å². The first-order chi connectivity index (χ1) is 14.1. The standard InChI is InChI=1S/C23H30F3NO3/c1-5-22(13-6-14-22)16-28-19(4)27-30-18(3)8-7-17(2)15-20-9-11-21(12-10-20)29-23(24,25)26/h7-12H,5-6,13-16H2,1-4H3/b17-7+,18-8+,27-19+. The number of benzene rings is 1. The molecular formula is C23H30F3NO3. The molecule has 1 aromatic carbocycles. The summed E-state index contributed by atoms with van der Waals surface area (Å²) in [6.45, 7) is 8.38. The van der Waals surface area contributed by atoms with Gasteiger partial charge in [-0.2, -0.15) is 0 Å². The Labute approximate surface area is 176 Å². The van der Waals surface area contributed by atoms with Gasteiger partial charge in [0, 0.05) is 12.3 Å². The van der Waals surface area contributed by atoms with Gasteiger partial charge in [0.15, 0.2) is 0 Å². The third kappa shape index (κ3) is 8.13. The molecule has 1 aliphatic rings. The third-order valence-electron chi connectivity index (χ3n) is 5.31. The zero-order chi connectivity index (χ0) is 22.2. The average Bonchev–Trinajstić information content (AvgIpc) is 2.64. The van der Waals surface area contributed by atoms with E-state index in [4.69, 9.17) is 9.57 Å². The van der Waals surface area contributed by atoms with Crippen LogP contribution in [-0.4, -0.2) is 18.9 Å². The fourth-order valence-corrected chi connectivity index (χ4v) is 3.18. The van der Waals surface area contributed by atoms with E-state index in [9.17, 15) is 13.2 Å². The normalized spacial score (nSPS) is 17.4. The van der Waals surface area contributed by atoms with Crippen molar-refractivity contribution in [3.05, 3.63) is 53.3 Å². The van der Waals surface area contributed by atoms with Crippen LogP contribution in [0.2, 0.25) is 0 Å². The second kappa shape index (κ2) is 10.5. The van der Waals surface area contributed by atoms with E-state index >= 15 is 0 Å². The molecule has 1 aromatic rings. The Balaban J connectivity index is 1.81. The summed E-state index contributed by atoms with van der Waals surface area (Å²) < 4.78 is 46.2. The van der Waals surface area contributed by atoms with E-state index in [1.54, 1.807) is 32.1 Å². The van der Waals surface area contributed by atoms with Crippen LogP contribution in [0.15, 0.2) is 52.9 Å². The number of ether oxygens (including phenoxy) is 2. The molecule has 0 atom stereocenters. The van der Waals surface area contributed by atoms with E-state index in [0.717, 1.165) is 17.6 Å². The van der Waals surface area contributed by atoms with Gasteiger partial charge in [0.05, 0.1) is 6.61 Å². The topological polar surface area (TPSA) is 40.0 Å². The molecule has 0 heterocycles. The molecule has 0 amide bonds. The number of allylic oxidation sites excluding steroid dienone is 4. The van der Waals surface area contributed by atoms with Gasteiger partial charge >= 0.3 is 6.36 Å². The molecule has 1 fully saturated rings. The monoisotopic (exact) mass is 425 g/mol. The molecule has 0 saturated heterocycles. The fraction of sp³-hybridized carbons (Fsp3) is 0.522. The lowest BCUT2D eigenvalue weighted by molar-refractivity contribution is -0.274. The summed E-state index contributed by atoms with van der Waals surface area (Å²) >= 11 is 0. The summed E-state index contributed by atoms with van der Waals surface area (Å²) in [5, 5.41) is 4.01. The van der Waals surface area contributed by atoms with Gasteiger partial charge in [-0.25, -0.2) is 0 Å². The van der Waals surface area contributed by atoms with Crippen LogP contribution in [0.5, 0.6) is 5.75 Å². The Bertz CT molecular complexity index is 770. The highest BCUT2D eigenvalue weighted by Gasteiger charge is 2.36. The first-order valence-electron chi connectivity index (χ1n) is 10.1. The van der Waals surface area contributed by atoms with Crippen molar-refractivity contribution in [1.29, 1.82) is 0 Å². The maximum Gasteiger partial charge on any atom is 0.573 e. The molecule has 0 spiro atoms. The summed E-state index contributed by atoms with van der Waals surface area (Å²) in [5.74, 6) is 0.888. The van der Waals surface area contributed by atoms with Crippen LogP contribution >= 0.6 is 0 Å². The summed E-state index contributed by atoms with van der Waals surface area (Å²) in [5.41, 5.74) is 2.21. The number of nitrogens with zero attached hydrogens (tertiary/aromatic N) is 1. The van der Waals surface area contributed by atoms with E-state index in [1.807, 2.05) is 13.0 Å². The first-order valence-corrected chi connectivity index (χ1v) is 10.1. The lowest BCUT2D eigenvalue weighted by Crippen LogP contribution is -2.34. The van der Waals surface area contributed by atoms with Crippen LogP contribution in [0.25, 0.3) is 0 Å². The summed E-state index contributed by atoms with van der Waals surface area (Å²) in [6.07, 6.45) is 4.40. The van der Waals surface area contributed by atoms with Crippen LogP contribution < -0.4 is 4.74 Å². The van der Waals surface area contributed by atoms with Crippen molar-refractivity contribution in [2.45, 2.75) is 66.2 Å². The quantitative estimate of drug-likeness (QED) is 0.142. The highest BCUT2D eigenvalue weighted by molar-refractivity contribution is 5.72. The van der Waals surface area contributed by atoms with Crippen molar-refractivity contribution in [3.63, 3.8) is 0 Å². The van der Waals surface area contributed by atoms with Crippen molar-refractivity contribution in [2.75, 3.05) is 6.61 Å². The molecule has 1 aliphatic carbocycles. The minimum Gasteiger partial charge on any atom is -0.478 e. The Hall–Kier alpha value is -2.44. The fourth-order valence-electron chi connectivity index (χ4n) is 3.18. The largest absolute Gasteiger partial charge is 0.573 e. The smallest absolute Gasteiger partial charge is 0.478 e. The Morgan fingerprint density at radius 2 is 1.77 bits per heavy atom. The average molecular weight is 425 g/mol. The van der Waals surface area contributed by atoms with E-state index in [1.165, 1.54) is 31.4 Å². The molecule has 166 valence electrons. The van der Waals surface area contributed by atoms with Crippen LogP contribution in [-0.2, 0) is 16.0 Å². The van der Waals surface area contributed by atoms with Gasteiger partial charge in [-0.05, 0) is 68.5 Å². The molecule has 7 heteroatoms. The Morgan fingerprint density at radius 1 is 1.10 bits per heavy atom. The Morgan fingerprint density at radius 3 is 2.30 bits per heavy atom. The van der Waals surface area contributed by atoms with Crippen LogP contribution in [0.3, 0.4) is 0 Å². The molecule has 30 heavy (non-hydrogen) atoms. The van der Waals surface area contributed by atoms with Crippen molar-refractivity contribution in [2.24, 2.45) is 10.6 Å². The predicted octanol–water partition coefficient (Wildman–Crippen LogP) is 6.92. The zero-order valence-electron chi connectivity index (χ0n) is 18.0. The van der Waals surface area contributed by atoms with Gasteiger partial charge in [0.25, 0.3) is 0 Å². The second-order valence-corrected chi connectivity index (χ2v) is 7.86. The zero-order valence-corrected chi connectivity index (χ0v) is 18.0. The maximum atomic E-state index is 12.2. The molecule has 0 N–H and O–H groups in total. The molecular weight excluding hydrogens is 395 g/mol. The molecule has 0 aliphatic heterocycles. The molecule has 0 aromatic heterocycles. The van der Waals surface area contributed by atoms with E-state index in [2.05, 4.69) is 16.8 Å². The number of hydrogen-bond donors (Lipinski definition) is 0. The number of hydrogen-bond acceptors (Lipinski definition) is 4. The molecule has 0 bridgehead atoms. The Kier molecular flexibility index (Phi) is 8.38. The van der Waals surface area contributed by atoms with Crippen molar-refractivity contribution in [1.82, 2.24) is 0 Å². The highest BCUT2D eigenvalue weighted by Crippen LogP contribution is 2.43. The molecule has 2 rings (SSSR count). The number of alkyl halides is 3. The lowest BCUT2D eigenvalue weighted by Gasteiger charge is -2.40. The minimum absolute atomic E-state index is 0.227. The SMILES string of the molecule is CCC1(CO/C(C)=N/O/C(C)=C/C=C(\C)Cc2ccc(OC(F)(F)F)cc2)CCC1.